The van der Waals surface area contributed by atoms with Gasteiger partial charge >= 0.3 is 0 Å². The molecule has 0 N–H and O–H groups in total. The van der Waals surface area contributed by atoms with E-state index in [1.165, 1.54) is 133 Å². The second kappa shape index (κ2) is 24.0. The lowest BCUT2D eigenvalue weighted by molar-refractivity contribution is -0.425. The molecular weight excluding hydrogens is 1160 g/mol. The summed E-state index contributed by atoms with van der Waals surface area (Å²) in [5.74, 6) is 0. The number of allylic oxidation sites excluding steroid dienone is 18. The van der Waals surface area contributed by atoms with Crippen molar-refractivity contribution in [1.29, 1.82) is 0 Å². The van der Waals surface area contributed by atoms with Gasteiger partial charge in [-0.15, -0.1) is 0 Å². The lowest BCUT2D eigenvalue weighted by Gasteiger charge is -2.26. The van der Waals surface area contributed by atoms with Gasteiger partial charge in [0, 0.05) is 92.2 Å². The molecule has 0 radical (unpaired) electrons. The Morgan fingerprint density at radius 3 is 1.11 bits per heavy atom. The van der Waals surface area contributed by atoms with Crippen molar-refractivity contribution in [3.8, 4) is 0 Å². The van der Waals surface area contributed by atoms with E-state index in [-0.39, 0.29) is 21.7 Å². The van der Waals surface area contributed by atoms with Crippen LogP contribution in [-0.2, 0) is 21.7 Å². The highest BCUT2D eigenvalue weighted by Crippen LogP contribution is 2.53. The number of fused-ring (bicyclic) bond motifs is 12. The largest absolute Gasteiger partial charge is 0.344 e. The maximum absolute atomic E-state index is 7.55. The van der Waals surface area contributed by atoms with Crippen LogP contribution in [0.1, 0.15) is 130 Å². The van der Waals surface area contributed by atoms with Crippen LogP contribution < -0.4 is 9.80 Å². The number of hydrogen-bond acceptors (Lipinski definition) is 2. The SMILES string of the molecule is CCN1C(=CC=C2CCCC(C=CC3=[N+](CC=CC=CC[N+]4=C(C=CC5=C(Cl)C(=CC=C6N(CC)c7ccc8ccccc8c7C6(C)C)CCC5)C(C)(C)c5c4ccc4ccccc54)c4ccc5ccccc5c4C3(C)C)=C2Cl)C(C)(C)c2c1ccc1ccccc21. The molecule has 0 saturated heterocycles. The first-order chi connectivity index (χ1) is 44.4. The summed E-state index contributed by atoms with van der Waals surface area (Å²) in [7, 11) is 0. The molecule has 462 valence electrons. The van der Waals surface area contributed by atoms with Crippen molar-refractivity contribution in [2.45, 2.75) is 129 Å². The minimum Gasteiger partial charge on any atom is -0.344 e. The second-order valence-electron chi connectivity index (χ2n) is 28.1. The van der Waals surface area contributed by atoms with Crippen LogP contribution >= 0.6 is 23.2 Å². The van der Waals surface area contributed by atoms with Crippen LogP contribution in [0.5, 0.6) is 0 Å². The normalized spacial score (nSPS) is 21.0. The Morgan fingerprint density at radius 1 is 0.391 bits per heavy atom. The molecule has 4 nitrogen and oxygen atoms in total. The zero-order valence-electron chi connectivity index (χ0n) is 55.4. The van der Waals surface area contributed by atoms with Gasteiger partial charge in [-0.3, -0.25) is 0 Å². The summed E-state index contributed by atoms with van der Waals surface area (Å²) in [6.07, 6.45) is 33.8. The van der Waals surface area contributed by atoms with E-state index in [9.17, 15) is 0 Å². The van der Waals surface area contributed by atoms with Gasteiger partial charge in [-0.1, -0.05) is 197 Å². The fourth-order valence-electron chi connectivity index (χ4n) is 16.8. The summed E-state index contributed by atoms with van der Waals surface area (Å²) < 4.78 is 5.06. The predicted octanol–water partition coefficient (Wildman–Crippen LogP) is 22.6. The molecule has 4 aliphatic heterocycles. The number of halogens is 2. The predicted molar refractivity (Wildman–Crippen MR) is 396 cm³/mol. The molecule has 2 aliphatic carbocycles. The summed E-state index contributed by atoms with van der Waals surface area (Å²) in [6, 6.07) is 53.8. The molecule has 0 spiro atoms. The molecule has 4 heterocycles. The third-order valence-corrected chi connectivity index (χ3v) is 22.3. The van der Waals surface area contributed by atoms with Crippen LogP contribution in [-0.4, -0.2) is 46.8 Å². The highest BCUT2D eigenvalue weighted by molar-refractivity contribution is 6.33. The molecule has 8 aromatic carbocycles. The Labute approximate surface area is 556 Å². The van der Waals surface area contributed by atoms with E-state index in [2.05, 4.69) is 307 Å². The molecule has 0 amide bonds. The molecule has 6 aliphatic rings. The Hall–Kier alpha value is -8.28. The quantitative estimate of drug-likeness (QED) is 0.0843. The minimum absolute atomic E-state index is 0.163. The average Bonchev–Trinajstić information content (AvgIpc) is 1.60. The average molecular weight is 1250 g/mol. The van der Waals surface area contributed by atoms with Crippen LogP contribution in [0, 0.1) is 0 Å². The van der Waals surface area contributed by atoms with Crippen molar-refractivity contribution >= 4 is 100 Å². The van der Waals surface area contributed by atoms with E-state index in [0.29, 0.717) is 0 Å². The summed E-state index contributed by atoms with van der Waals surface area (Å²) in [5.41, 5.74) is 19.8. The summed E-state index contributed by atoms with van der Waals surface area (Å²) in [4.78, 5) is 5.00. The summed E-state index contributed by atoms with van der Waals surface area (Å²) >= 11 is 15.1. The number of rotatable bonds is 13. The molecule has 14 rings (SSSR count). The van der Waals surface area contributed by atoms with Crippen LogP contribution in [0.15, 0.2) is 262 Å². The van der Waals surface area contributed by atoms with Crippen molar-refractivity contribution < 1.29 is 9.15 Å². The third kappa shape index (κ3) is 10.2. The lowest BCUT2D eigenvalue weighted by atomic mass is 9.78. The topological polar surface area (TPSA) is 12.5 Å². The van der Waals surface area contributed by atoms with Gasteiger partial charge in [0.05, 0.1) is 10.8 Å². The number of likely N-dealkylation sites (N-methyl/N-ethyl adjacent to an activating group) is 2. The lowest BCUT2D eigenvalue weighted by Crippen LogP contribution is -2.28. The van der Waals surface area contributed by atoms with Crippen LogP contribution in [0.4, 0.5) is 22.7 Å². The molecule has 0 unspecified atom stereocenters. The van der Waals surface area contributed by atoms with Gasteiger partial charge in [-0.05, 0) is 205 Å². The molecule has 6 heteroatoms. The van der Waals surface area contributed by atoms with Crippen molar-refractivity contribution in [3.63, 3.8) is 0 Å². The first-order valence-electron chi connectivity index (χ1n) is 33.7. The number of anilines is 2. The van der Waals surface area contributed by atoms with E-state index in [4.69, 9.17) is 23.2 Å². The summed E-state index contributed by atoms with van der Waals surface area (Å²) in [6.45, 7) is 26.9. The molecular formula is C86H86Cl2N4+2. The van der Waals surface area contributed by atoms with Crippen LogP contribution in [0.25, 0.3) is 43.1 Å². The monoisotopic (exact) mass is 1240 g/mol. The van der Waals surface area contributed by atoms with Gasteiger partial charge in [-0.2, -0.15) is 9.15 Å². The van der Waals surface area contributed by atoms with Crippen molar-refractivity contribution in [2.75, 3.05) is 36.0 Å². The zero-order chi connectivity index (χ0) is 63.8. The number of benzene rings is 8. The van der Waals surface area contributed by atoms with Gasteiger partial charge in [0.2, 0.25) is 11.4 Å². The number of nitrogens with zero attached hydrogens (tertiary/aromatic N) is 4. The molecule has 0 atom stereocenters. The highest BCUT2D eigenvalue weighted by Gasteiger charge is 2.48. The Morgan fingerprint density at radius 2 is 0.739 bits per heavy atom. The van der Waals surface area contributed by atoms with Crippen LogP contribution in [0.3, 0.4) is 0 Å². The van der Waals surface area contributed by atoms with Crippen molar-refractivity contribution in [2.24, 2.45) is 0 Å². The molecule has 8 aromatic rings. The van der Waals surface area contributed by atoms with Gasteiger partial charge in [-0.25, -0.2) is 0 Å². The third-order valence-electron chi connectivity index (χ3n) is 21.3. The van der Waals surface area contributed by atoms with E-state index in [0.717, 1.165) is 74.8 Å². The zero-order valence-corrected chi connectivity index (χ0v) is 56.9. The maximum atomic E-state index is 7.55. The first-order valence-corrected chi connectivity index (χ1v) is 34.4. The number of hydrogen-bond donors (Lipinski definition) is 0. The highest BCUT2D eigenvalue weighted by atomic mass is 35.5. The molecule has 92 heavy (non-hydrogen) atoms. The first kappa shape index (κ1) is 61.2. The molecule has 0 bridgehead atoms. The standard InChI is InChI=1S/C86H86Cl2N4/c1-11-89-69-47-39-57-27-15-19-35-65(57)77(69)83(3,4)73(89)51-43-61-31-25-33-63(81(61)87)45-53-75-85(7,8)79-67-37-21-17-29-59(67)41-49-71(79)91(75)55-23-13-14-24-56-92-72-50-42-60-30-18-22-38-68(60)80(72)86(9,10)76(92)54-46-64-34-26-32-62(82(64)88)44-52-74-84(5,6)78-66-36-20-16-28-58(66)40-48-70(78)90(74)12-2/h13-24,27-30,35-54H,11-12,25-26,31-34,55-56H2,1-10H3/q+2. The molecule has 0 saturated carbocycles. The van der Waals surface area contributed by atoms with Crippen molar-refractivity contribution in [1.82, 2.24) is 0 Å². The Balaban J connectivity index is 0.759. The fraction of sp³-hybridized carbons (Fsp3) is 0.279. The van der Waals surface area contributed by atoms with E-state index in [1.807, 2.05) is 0 Å². The van der Waals surface area contributed by atoms with E-state index in [1.54, 1.807) is 0 Å². The molecule has 0 aromatic heterocycles. The van der Waals surface area contributed by atoms with Crippen LogP contribution in [0.2, 0.25) is 0 Å². The van der Waals surface area contributed by atoms with Gasteiger partial charge in [0.1, 0.15) is 0 Å². The molecule has 0 fully saturated rings. The Kier molecular flexibility index (Phi) is 16.0. The van der Waals surface area contributed by atoms with Gasteiger partial charge < -0.3 is 9.80 Å². The Bertz CT molecular complexity index is 4490. The maximum Gasteiger partial charge on any atom is 0.210 e. The van der Waals surface area contributed by atoms with Crippen molar-refractivity contribution in [3.05, 3.63) is 285 Å². The fourth-order valence-corrected chi connectivity index (χ4v) is 17.5. The second-order valence-corrected chi connectivity index (χ2v) is 28.9. The summed E-state index contributed by atoms with van der Waals surface area (Å²) in [5, 5.41) is 12.1. The van der Waals surface area contributed by atoms with Gasteiger partial charge in [0.15, 0.2) is 24.5 Å². The van der Waals surface area contributed by atoms with Gasteiger partial charge in [0.25, 0.3) is 0 Å². The smallest absolute Gasteiger partial charge is 0.210 e. The van der Waals surface area contributed by atoms with E-state index >= 15 is 0 Å². The minimum atomic E-state index is -0.266. The van der Waals surface area contributed by atoms with E-state index < -0.39 is 0 Å².